The van der Waals surface area contributed by atoms with Crippen molar-refractivity contribution in [3.8, 4) is 0 Å². The van der Waals surface area contributed by atoms with Crippen LogP contribution < -0.4 is 0 Å². The van der Waals surface area contributed by atoms with Crippen molar-refractivity contribution < 1.29 is 0 Å². The number of hydrogen-bond donors (Lipinski definition) is 0. The summed E-state index contributed by atoms with van der Waals surface area (Å²) >= 11 is 2.05. The molecule has 0 saturated heterocycles. The third-order valence-electron chi connectivity index (χ3n) is 3.99. The van der Waals surface area contributed by atoms with Gasteiger partial charge >= 0.3 is 0 Å². The largest absolute Gasteiger partial charge is 0.158 e. The topological polar surface area (TPSA) is 0 Å². The Morgan fingerprint density at radius 3 is 1.43 bits per heavy atom. The van der Waals surface area contributed by atoms with Crippen molar-refractivity contribution in [3.05, 3.63) is 12.2 Å². The van der Waals surface area contributed by atoms with Gasteiger partial charge in [0.15, 0.2) is 0 Å². The fourth-order valence-electron chi connectivity index (χ4n) is 2.65. The summed E-state index contributed by atoms with van der Waals surface area (Å²) < 4.78 is 0. The molecule has 126 valence electrons. The highest BCUT2D eigenvalue weighted by atomic mass is 32.2. The third kappa shape index (κ3) is 20.1. The molecule has 0 nitrogen and oxygen atoms in total. The minimum atomic E-state index is 1.15. The van der Waals surface area contributed by atoms with E-state index in [9.17, 15) is 0 Å². The standard InChI is InChI=1S/C20H40S/c1-4-5-6-7-8-9-10-11-12-13-14-15-16-17-18-21-19-20(2)3/h2,4-19H2,1,3H3. The highest BCUT2D eigenvalue weighted by Crippen LogP contribution is 2.14. The molecule has 0 rings (SSSR count). The molecule has 0 aromatic carbocycles. The second-order valence-corrected chi connectivity index (χ2v) is 7.71. The molecule has 0 aromatic rings. The van der Waals surface area contributed by atoms with E-state index >= 15 is 0 Å². The smallest absolute Gasteiger partial charge is 0.0137 e. The normalized spacial score (nSPS) is 11.0. The SMILES string of the molecule is C=C(C)CSCCCCCCCCCCCCCCCC. The van der Waals surface area contributed by atoms with Gasteiger partial charge in [0.1, 0.15) is 0 Å². The summed E-state index contributed by atoms with van der Waals surface area (Å²) in [6.07, 6.45) is 20.3. The Kier molecular flexibility index (Phi) is 18.2. The summed E-state index contributed by atoms with van der Waals surface area (Å²) in [5.74, 6) is 2.48. The first-order chi connectivity index (χ1) is 10.3. The van der Waals surface area contributed by atoms with Crippen molar-refractivity contribution in [2.45, 2.75) is 104 Å². The monoisotopic (exact) mass is 312 g/mol. The van der Waals surface area contributed by atoms with Crippen molar-refractivity contribution in [2.24, 2.45) is 0 Å². The summed E-state index contributed by atoms with van der Waals surface area (Å²) in [5.41, 5.74) is 1.31. The average Bonchev–Trinajstić information content (AvgIpc) is 2.46. The van der Waals surface area contributed by atoms with Crippen LogP contribution in [-0.4, -0.2) is 11.5 Å². The van der Waals surface area contributed by atoms with Crippen LogP contribution in [0, 0.1) is 0 Å². The Morgan fingerprint density at radius 2 is 1.05 bits per heavy atom. The van der Waals surface area contributed by atoms with Crippen LogP contribution in [0.15, 0.2) is 12.2 Å². The maximum absolute atomic E-state index is 3.94. The molecular weight excluding hydrogens is 272 g/mol. The first kappa shape index (κ1) is 21.1. The molecule has 1 heteroatoms. The average molecular weight is 313 g/mol. The van der Waals surface area contributed by atoms with E-state index in [-0.39, 0.29) is 0 Å². The lowest BCUT2D eigenvalue weighted by atomic mass is 10.0. The zero-order valence-electron chi connectivity index (χ0n) is 14.9. The zero-order chi connectivity index (χ0) is 15.6. The van der Waals surface area contributed by atoms with Crippen LogP contribution in [0.25, 0.3) is 0 Å². The van der Waals surface area contributed by atoms with Gasteiger partial charge < -0.3 is 0 Å². The maximum atomic E-state index is 3.94. The van der Waals surface area contributed by atoms with Crippen LogP contribution in [0.2, 0.25) is 0 Å². The van der Waals surface area contributed by atoms with Crippen molar-refractivity contribution >= 4 is 11.8 Å². The van der Waals surface area contributed by atoms with Gasteiger partial charge in [-0.25, -0.2) is 0 Å². The van der Waals surface area contributed by atoms with Gasteiger partial charge in [0.05, 0.1) is 0 Å². The van der Waals surface area contributed by atoms with Crippen molar-refractivity contribution in [1.29, 1.82) is 0 Å². The van der Waals surface area contributed by atoms with Gasteiger partial charge in [0.2, 0.25) is 0 Å². The molecular formula is C20H40S. The summed E-state index contributed by atoms with van der Waals surface area (Å²) in [4.78, 5) is 0. The van der Waals surface area contributed by atoms with E-state index < -0.39 is 0 Å². The van der Waals surface area contributed by atoms with Crippen LogP contribution in [0.4, 0.5) is 0 Å². The zero-order valence-corrected chi connectivity index (χ0v) is 15.7. The molecule has 0 aromatic heterocycles. The first-order valence-electron chi connectivity index (χ1n) is 9.49. The Morgan fingerprint density at radius 1 is 0.667 bits per heavy atom. The molecule has 21 heavy (non-hydrogen) atoms. The van der Waals surface area contributed by atoms with Crippen LogP contribution >= 0.6 is 11.8 Å². The Hall–Kier alpha value is 0.0900. The molecule has 0 heterocycles. The molecule has 0 saturated carbocycles. The van der Waals surface area contributed by atoms with E-state index in [1.807, 2.05) is 11.8 Å². The van der Waals surface area contributed by atoms with Crippen LogP contribution in [0.1, 0.15) is 104 Å². The summed E-state index contributed by atoms with van der Waals surface area (Å²) in [5, 5.41) is 0. The molecule has 0 bridgehead atoms. The third-order valence-corrected chi connectivity index (χ3v) is 5.26. The molecule has 0 radical (unpaired) electrons. The molecule has 0 amide bonds. The highest BCUT2D eigenvalue weighted by Gasteiger charge is 1.94. The van der Waals surface area contributed by atoms with Gasteiger partial charge in [-0.05, 0) is 19.1 Å². The van der Waals surface area contributed by atoms with Crippen molar-refractivity contribution in [2.75, 3.05) is 11.5 Å². The van der Waals surface area contributed by atoms with E-state index in [4.69, 9.17) is 0 Å². The number of hydrogen-bond acceptors (Lipinski definition) is 1. The maximum Gasteiger partial charge on any atom is 0.0137 e. The van der Waals surface area contributed by atoms with Crippen LogP contribution in [0.3, 0.4) is 0 Å². The minimum absolute atomic E-state index is 1.15. The molecule has 0 aliphatic carbocycles. The van der Waals surface area contributed by atoms with Gasteiger partial charge in [-0.1, -0.05) is 103 Å². The number of rotatable bonds is 17. The highest BCUT2D eigenvalue weighted by molar-refractivity contribution is 7.99. The molecule has 0 aliphatic rings. The summed E-state index contributed by atoms with van der Waals surface area (Å²) in [6, 6.07) is 0. The van der Waals surface area contributed by atoms with E-state index in [0.717, 1.165) is 5.75 Å². The quantitative estimate of drug-likeness (QED) is 0.195. The molecule has 0 spiro atoms. The number of unbranched alkanes of at least 4 members (excludes halogenated alkanes) is 13. The van der Waals surface area contributed by atoms with Gasteiger partial charge in [0.25, 0.3) is 0 Å². The van der Waals surface area contributed by atoms with E-state index in [2.05, 4.69) is 20.4 Å². The molecule has 0 N–H and O–H groups in total. The Bertz CT molecular complexity index is 210. The fourth-order valence-corrected chi connectivity index (χ4v) is 3.55. The molecule has 0 unspecified atom stereocenters. The van der Waals surface area contributed by atoms with E-state index in [1.54, 1.807) is 0 Å². The molecule has 0 fully saturated rings. The lowest BCUT2D eigenvalue weighted by Crippen LogP contribution is -1.86. The van der Waals surface area contributed by atoms with Gasteiger partial charge in [-0.2, -0.15) is 11.8 Å². The first-order valence-corrected chi connectivity index (χ1v) is 10.6. The second kappa shape index (κ2) is 18.1. The Balaban J connectivity index is 2.95. The lowest BCUT2D eigenvalue weighted by molar-refractivity contribution is 0.538. The predicted octanol–water partition coefficient (Wildman–Crippen LogP) is 7.78. The lowest BCUT2D eigenvalue weighted by Gasteiger charge is -2.03. The minimum Gasteiger partial charge on any atom is -0.158 e. The van der Waals surface area contributed by atoms with E-state index in [1.165, 1.54) is 101 Å². The fraction of sp³-hybridized carbons (Fsp3) is 0.900. The summed E-state index contributed by atoms with van der Waals surface area (Å²) in [6.45, 7) is 8.36. The van der Waals surface area contributed by atoms with Gasteiger partial charge in [0, 0.05) is 5.75 Å². The Labute approximate surface area is 139 Å². The van der Waals surface area contributed by atoms with Crippen LogP contribution in [0.5, 0.6) is 0 Å². The molecule has 0 aliphatic heterocycles. The van der Waals surface area contributed by atoms with Gasteiger partial charge in [-0.3, -0.25) is 0 Å². The molecule has 0 atom stereocenters. The van der Waals surface area contributed by atoms with E-state index in [0.29, 0.717) is 0 Å². The van der Waals surface area contributed by atoms with Gasteiger partial charge in [-0.15, -0.1) is 0 Å². The summed E-state index contributed by atoms with van der Waals surface area (Å²) in [7, 11) is 0. The number of thioether (sulfide) groups is 1. The van der Waals surface area contributed by atoms with Crippen molar-refractivity contribution in [1.82, 2.24) is 0 Å². The van der Waals surface area contributed by atoms with Crippen LogP contribution in [-0.2, 0) is 0 Å². The predicted molar refractivity (Wildman–Crippen MR) is 102 cm³/mol. The second-order valence-electron chi connectivity index (χ2n) is 6.61. The van der Waals surface area contributed by atoms with Crippen molar-refractivity contribution in [3.63, 3.8) is 0 Å².